The average Bonchev–Trinajstić information content (AvgIpc) is 3.00. The van der Waals surface area contributed by atoms with Crippen molar-refractivity contribution >= 4 is 27.3 Å². The van der Waals surface area contributed by atoms with Crippen LogP contribution < -0.4 is 15.4 Å². The maximum atomic E-state index is 11.3. The predicted octanol–water partition coefficient (Wildman–Crippen LogP) is 1.18. The van der Waals surface area contributed by atoms with E-state index in [-0.39, 0.29) is 5.75 Å². The Morgan fingerprint density at radius 1 is 1.27 bits per heavy atom. The van der Waals surface area contributed by atoms with E-state index in [0.29, 0.717) is 19.5 Å². The molecule has 0 aromatic carbocycles. The molecular weight excluding hydrogens is 320 g/mol. The van der Waals surface area contributed by atoms with E-state index in [1.54, 1.807) is 18.3 Å². The van der Waals surface area contributed by atoms with Gasteiger partial charge in [-0.05, 0) is 38.1 Å². The molecule has 0 aliphatic heterocycles. The third-order valence-electron chi connectivity index (χ3n) is 2.89. The highest BCUT2D eigenvalue weighted by atomic mass is 32.2. The summed E-state index contributed by atoms with van der Waals surface area (Å²) in [5, 5.41) is 8.54. The maximum absolute atomic E-state index is 11.3. The molecule has 0 aliphatic carbocycles. The highest BCUT2D eigenvalue weighted by molar-refractivity contribution is 7.89. The van der Waals surface area contributed by atoms with Crippen LogP contribution in [0.1, 0.15) is 25.1 Å². The minimum atomic E-state index is -3.10. The molecule has 0 bridgehead atoms. The van der Waals surface area contributed by atoms with Crippen molar-refractivity contribution in [2.45, 2.75) is 26.7 Å². The Balaban J connectivity index is 2.26. The van der Waals surface area contributed by atoms with Crippen LogP contribution in [-0.2, 0) is 16.4 Å². The lowest BCUT2D eigenvalue weighted by Gasteiger charge is -2.10. The summed E-state index contributed by atoms with van der Waals surface area (Å²) in [6, 6.07) is 4.17. The summed E-state index contributed by atoms with van der Waals surface area (Å²) in [7, 11) is -3.10. The van der Waals surface area contributed by atoms with Gasteiger partial charge in [0.05, 0.1) is 5.75 Å². The van der Waals surface area contributed by atoms with Crippen LogP contribution in [0.5, 0.6) is 0 Å². The Labute approximate surface area is 137 Å². The van der Waals surface area contributed by atoms with Gasteiger partial charge in [-0.1, -0.05) is 6.07 Å². The molecule has 0 fully saturated rings. The normalized spacial score (nSPS) is 12.4. The number of hydrogen-bond acceptors (Lipinski definition) is 4. The van der Waals surface area contributed by atoms with Crippen LogP contribution in [0.25, 0.3) is 0 Å². The molecule has 6 nitrogen and oxygen atoms in total. The highest BCUT2D eigenvalue weighted by Crippen LogP contribution is 2.07. The zero-order valence-electron chi connectivity index (χ0n) is 13.3. The monoisotopic (exact) mass is 346 g/mol. The predicted molar refractivity (Wildman–Crippen MR) is 94.1 cm³/mol. The van der Waals surface area contributed by atoms with E-state index in [4.69, 9.17) is 0 Å². The summed E-state index contributed by atoms with van der Waals surface area (Å²) in [4.78, 5) is 5.79. The van der Waals surface area contributed by atoms with Crippen LogP contribution in [0.15, 0.2) is 22.5 Å². The van der Waals surface area contributed by atoms with Crippen molar-refractivity contribution in [2.75, 3.05) is 31.9 Å². The fourth-order valence-electron chi connectivity index (χ4n) is 1.70. The van der Waals surface area contributed by atoms with Crippen LogP contribution >= 0.6 is 11.3 Å². The van der Waals surface area contributed by atoms with Gasteiger partial charge in [0, 0.05) is 31.1 Å². The van der Waals surface area contributed by atoms with Crippen LogP contribution in [0, 0.1) is 0 Å². The summed E-state index contributed by atoms with van der Waals surface area (Å²) < 4.78 is 25.1. The Kier molecular flexibility index (Phi) is 9.10. The summed E-state index contributed by atoms with van der Waals surface area (Å²) in [6.45, 7) is 6.28. The zero-order valence-corrected chi connectivity index (χ0v) is 14.9. The SMILES string of the molecule is CCNC(=NCCCNS(=O)(=O)CC)NCCc1cccs1. The fourth-order valence-corrected chi connectivity index (χ4v) is 3.07. The molecule has 8 heteroatoms. The van der Waals surface area contributed by atoms with Gasteiger partial charge in [0.2, 0.25) is 10.0 Å². The molecule has 0 saturated carbocycles. The van der Waals surface area contributed by atoms with E-state index < -0.39 is 10.0 Å². The summed E-state index contributed by atoms with van der Waals surface area (Å²) in [5.74, 6) is 0.890. The third kappa shape index (κ3) is 8.35. The van der Waals surface area contributed by atoms with Gasteiger partial charge < -0.3 is 10.6 Å². The first-order valence-corrected chi connectivity index (χ1v) is 10.1. The fraction of sp³-hybridized carbons (Fsp3) is 0.643. The number of sulfonamides is 1. The lowest BCUT2D eigenvalue weighted by atomic mass is 10.3. The van der Waals surface area contributed by atoms with E-state index in [1.165, 1.54) is 4.88 Å². The molecule has 0 spiro atoms. The molecule has 0 aliphatic rings. The summed E-state index contributed by atoms with van der Waals surface area (Å²) in [5.41, 5.74) is 0. The van der Waals surface area contributed by atoms with Crippen molar-refractivity contribution < 1.29 is 8.42 Å². The Morgan fingerprint density at radius 2 is 2.09 bits per heavy atom. The number of hydrogen-bond donors (Lipinski definition) is 3. The lowest BCUT2D eigenvalue weighted by Crippen LogP contribution is -2.38. The Hall–Kier alpha value is -1.12. The largest absolute Gasteiger partial charge is 0.357 e. The van der Waals surface area contributed by atoms with E-state index in [2.05, 4.69) is 37.9 Å². The lowest BCUT2D eigenvalue weighted by molar-refractivity contribution is 0.581. The number of rotatable bonds is 10. The van der Waals surface area contributed by atoms with Crippen molar-refractivity contribution in [1.29, 1.82) is 0 Å². The molecule has 1 rings (SSSR count). The molecule has 3 N–H and O–H groups in total. The summed E-state index contributed by atoms with van der Waals surface area (Å²) in [6.07, 6.45) is 1.65. The summed E-state index contributed by atoms with van der Waals surface area (Å²) >= 11 is 1.75. The molecule has 0 atom stereocenters. The van der Waals surface area contributed by atoms with Crippen molar-refractivity contribution in [1.82, 2.24) is 15.4 Å². The number of nitrogens with one attached hydrogen (secondary N) is 3. The van der Waals surface area contributed by atoms with Crippen molar-refractivity contribution in [3.63, 3.8) is 0 Å². The van der Waals surface area contributed by atoms with Crippen LogP contribution in [-0.4, -0.2) is 46.3 Å². The third-order valence-corrected chi connectivity index (χ3v) is 5.24. The number of guanidine groups is 1. The van der Waals surface area contributed by atoms with Crippen LogP contribution in [0.2, 0.25) is 0 Å². The number of aliphatic imine (C=N–C) groups is 1. The smallest absolute Gasteiger partial charge is 0.211 e. The van der Waals surface area contributed by atoms with Gasteiger partial charge in [-0.15, -0.1) is 11.3 Å². The van der Waals surface area contributed by atoms with Gasteiger partial charge >= 0.3 is 0 Å². The molecule has 22 heavy (non-hydrogen) atoms. The van der Waals surface area contributed by atoms with E-state index in [0.717, 1.165) is 25.5 Å². The van der Waals surface area contributed by atoms with Gasteiger partial charge in [0.1, 0.15) is 0 Å². The number of nitrogens with zero attached hydrogens (tertiary/aromatic N) is 1. The van der Waals surface area contributed by atoms with E-state index in [9.17, 15) is 8.42 Å². The standard InChI is InChI=1S/C14H26N4O2S2/c1-3-15-14(17-11-8-13-7-5-12-21-13)16-9-6-10-18-22(19,20)4-2/h5,7,12,18H,3-4,6,8-11H2,1-2H3,(H2,15,16,17). The number of thiophene rings is 1. The highest BCUT2D eigenvalue weighted by Gasteiger charge is 2.04. The molecule has 1 aromatic heterocycles. The zero-order chi connectivity index (χ0) is 16.3. The van der Waals surface area contributed by atoms with E-state index >= 15 is 0 Å². The van der Waals surface area contributed by atoms with E-state index in [1.807, 2.05) is 6.92 Å². The minimum Gasteiger partial charge on any atom is -0.357 e. The van der Waals surface area contributed by atoms with Gasteiger partial charge in [0.25, 0.3) is 0 Å². The minimum absolute atomic E-state index is 0.114. The second-order valence-electron chi connectivity index (χ2n) is 4.67. The molecule has 0 amide bonds. The first kappa shape index (κ1) is 18.9. The van der Waals surface area contributed by atoms with Gasteiger partial charge in [-0.3, -0.25) is 4.99 Å². The second-order valence-corrected chi connectivity index (χ2v) is 7.80. The average molecular weight is 347 g/mol. The Bertz CT molecular complexity index is 527. The van der Waals surface area contributed by atoms with Crippen molar-refractivity contribution in [2.24, 2.45) is 4.99 Å². The first-order chi connectivity index (χ1) is 10.6. The molecule has 0 unspecified atom stereocenters. The molecule has 0 saturated heterocycles. The Morgan fingerprint density at radius 3 is 2.73 bits per heavy atom. The quantitative estimate of drug-likeness (QED) is 0.337. The van der Waals surface area contributed by atoms with Gasteiger partial charge in [0.15, 0.2) is 5.96 Å². The van der Waals surface area contributed by atoms with Crippen LogP contribution in [0.3, 0.4) is 0 Å². The second kappa shape index (κ2) is 10.6. The topological polar surface area (TPSA) is 82.6 Å². The molecule has 0 radical (unpaired) electrons. The van der Waals surface area contributed by atoms with Gasteiger partial charge in [-0.25, -0.2) is 13.1 Å². The van der Waals surface area contributed by atoms with Crippen LogP contribution in [0.4, 0.5) is 0 Å². The molecule has 1 aromatic rings. The molecular formula is C14H26N4O2S2. The van der Waals surface area contributed by atoms with Crippen molar-refractivity contribution in [3.8, 4) is 0 Å². The van der Waals surface area contributed by atoms with Gasteiger partial charge in [-0.2, -0.15) is 0 Å². The molecule has 1 heterocycles. The molecule has 126 valence electrons. The van der Waals surface area contributed by atoms with Crippen molar-refractivity contribution in [3.05, 3.63) is 22.4 Å². The first-order valence-electron chi connectivity index (χ1n) is 7.59. The maximum Gasteiger partial charge on any atom is 0.211 e.